The fraction of sp³-hybridized carbons (Fsp3) is 0.300. The number of hydrazone groups is 1. The first-order valence-electron chi connectivity index (χ1n) is 8.61. The van der Waals surface area contributed by atoms with E-state index in [0.29, 0.717) is 10.6 Å². The monoisotopic (exact) mass is 392 g/mol. The molecule has 0 fully saturated rings. The molecule has 0 unspecified atom stereocenters. The van der Waals surface area contributed by atoms with Crippen LogP contribution in [0.2, 0.25) is 10.0 Å². The van der Waals surface area contributed by atoms with Crippen molar-refractivity contribution >= 4 is 35.3 Å². The molecule has 2 aromatic rings. The van der Waals surface area contributed by atoms with Crippen LogP contribution < -0.4 is 10.2 Å². The van der Waals surface area contributed by atoms with Gasteiger partial charge in [-0.2, -0.15) is 5.10 Å². The summed E-state index contributed by atoms with van der Waals surface area (Å²) in [6, 6.07) is 12.2. The topological polar surface area (TPSA) is 50.7 Å². The summed E-state index contributed by atoms with van der Waals surface area (Å²) in [7, 11) is 0. The average molecular weight is 393 g/mol. The van der Waals surface area contributed by atoms with Crippen molar-refractivity contribution in [1.29, 1.82) is 0 Å². The minimum Gasteiger partial charge on any atom is -0.494 e. The van der Waals surface area contributed by atoms with Crippen LogP contribution in [0, 0.1) is 0 Å². The Balaban J connectivity index is 1.81. The van der Waals surface area contributed by atoms with Gasteiger partial charge in [0.15, 0.2) is 0 Å². The number of rotatable bonds is 9. The van der Waals surface area contributed by atoms with Crippen LogP contribution in [0.5, 0.6) is 5.75 Å². The quantitative estimate of drug-likeness (QED) is 0.337. The standard InChI is InChI=1S/C20H22Cl2N2O2/c1-2-3-4-5-12-26-17-9-6-15(7-10-17)14-23-24-20(25)18-11-8-16(21)13-19(18)22/h6-11,13-14H,2-5,12H2,1H3,(H,24,25)/b23-14+. The van der Waals surface area contributed by atoms with Gasteiger partial charge in [-0.3, -0.25) is 4.79 Å². The normalized spacial score (nSPS) is 10.9. The number of carbonyl (C=O) groups is 1. The zero-order chi connectivity index (χ0) is 18.8. The number of amides is 1. The molecule has 0 aromatic heterocycles. The summed E-state index contributed by atoms with van der Waals surface area (Å²) in [5.74, 6) is 0.436. The number of nitrogens with zero attached hydrogens (tertiary/aromatic N) is 1. The second kappa shape index (κ2) is 10.8. The molecule has 26 heavy (non-hydrogen) atoms. The summed E-state index contributed by atoms with van der Waals surface area (Å²) < 4.78 is 5.69. The molecular formula is C20H22Cl2N2O2. The van der Waals surface area contributed by atoms with E-state index in [4.69, 9.17) is 27.9 Å². The van der Waals surface area contributed by atoms with Crippen molar-refractivity contribution in [2.24, 2.45) is 5.10 Å². The Kier molecular flexibility index (Phi) is 8.45. The van der Waals surface area contributed by atoms with Crippen LogP contribution in [0.25, 0.3) is 0 Å². The Morgan fingerprint density at radius 2 is 1.88 bits per heavy atom. The molecule has 0 aliphatic rings. The van der Waals surface area contributed by atoms with Crippen molar-refractivity contribution in [3.63, 3.8) is 0 Å². The predicted molar refractivity (Wildman–Crippen MR) is 108 cm³/mol. The van der Waals surface area contributed by atoms with Crippen LogP contribution in [-0.2, 0) is 0 Å². The third kappa shape index (κ3) is 6.70. The Morgan fingerprint density at radius 3 is 2.58 bits per heavy atom. The molecule has 0 heterocycles. The first-order chi connectivity index (χ1) is 12.6. The third-order valence-electron chi connectivity index (χ3n) is 3.70. The average Bonchev–Trinajstić information content (AvgIpc) is 2.62. The molecule has 1 N–H and O–H groups in total. The van der Waals surface area contributed by atoms with Crippen LogP contribution in [0.1, 0.15) is 48.5 Å². The lowest BCUT2D eigenvalue weighted by Crippen LogP contribution is -2.18. The number of benzene rings is 2. The second-order valence-electron chi connectivity index (χ2n) is 5.80. The third-order valence-corrected chi connectivity index (χ3v) is 4.25. The summed E-state index contributed by atoms with van der Waals surface area (Å²) in [5, 5.41) is 4.71. The molecular weight excluding hydrogens is 371 g/mol. The molecule has 0 bridgehead atoms. The Hall–Kier alpha value is -2.04. The molecule has 138 valence electrons. The highest BCUT2D eigenvalue weighted by Crippen LogP contribution is 2.20. The van der Waals surface area contributed by atoms with Crippen molar-refractivity contribution in [2.75, 3.05) is 6.61 Å². The van der Waals surface area contributed by atoms with Gasteiger partial charge in [-0.25, -0.2) is 5.43 Å². The maximum Gasteiger partial charge on any atom is 0.272 e. The minimum atomic E-state index is -0.394. The van der Waals surface area contributed by atoms with Crippen molar-refractivity contribution in [3.8, 4) is 5.75 Å². The molecule has 4 nitrogen and oxygen atoms in total. The van der Waals surface area contributed by atoms with Gasteiger partial charge in [0.25, 0.3) is 5.91 Å². The number of unbranched alkanes of at least 4 members (excludes halogenated alkanes) is 3. The molecule has 0 spiro atoms. The number of hydrogen-bond donors (Lipinski definition) is 1. The van der Waals surface area contributed by atoms with Gasteiger partial charge in [-0.15, -0.1) is 0 Å². The van der Waals surface area contributed by atoms with Crippen molar-refractivity contribution in [3.05, 3.63) is 63.6 Å². The highest BCUT2D eigenvalue weighted by atomic mass is 35.5. The van der Waals surface area contributed by atoms with Gasteiger partial charge in [-0.05, 0) is 54.4 Å². The molecule has 2 rings (SSSR count). The Morgan fingerprint density at radius 1 is 1.12 bits per heavy atom. The van der Waals surface area contributed by atoms with Crippen LogP contribution in [0.4, 0.5) is 0 Å². The first-order valence-corrected chi connectivity index (χ1v) is 9.37. The van der Waals surface area contributed by atoms with Gasteiger partial charge >= 0.3 is 0 Å². The lowest BCUT2D eigenvalue weighted by atomic mass is 10.2. The molecule has 2 aromatic carbocycles. The van der Waals surface area contributed by atoms with E-state index >= 15 is 0 Å². The van der Waals surface area contributed by atoms with Gasteiger partial charge in [-0.1, -0.05) is 49.4 Å². The maximum atomic E-state index is 12.0. The highest BCUT2D eigenvalue weighted by Gasteiger charge is 2.09. The van der Waals surface area contributed by atoms with E-state index in [9.17, 15) is 4.79 Å². The van der Waals surface area contributed by atoms with E-state index in [-0.39, 0.29) is 5.02 Å². The number of carbonyl (C=O) groups excluding carboxylic acids is 1. The smallest absolute Gasteiger partial charge is 0.272 e. The lowest BCUT2D eigenvalue weighted by Gasteiger charge is -2.06. The van der Waals surface area contributed by atoms with E-state index in [1.165, 1.54) is 25.3 Å². The molecule has 0 atom stereocenters. The maximum absolute atomic E-state index is 12.0. The van der Waals surface area contributed by atoms with Crippen LogP contribution in [-0.4, -0.2) is 18.7 Å². The summed E-state index contributed by atoms with van der Waals surface area (Å²) in [6.45, 7) is 2.92. The van der Waals surface area contributed by atoms with E-state index < -0.39 is 5.91 Å². The van der Waals surface area contributed by atoms with Crippen LogP contribution >= 0.6 is 23.2 Å². The van der Waals surface area contributed by atoms with E-state index in [2.05, 4.69) is 17.5 Å². The number of ether oxygens (including phenoxy) is 1. The van der Waals surface area contributed by atoms with Gasteiger partial charge in [0.05, 0.1) is 23.4 Å². The van der Waals surface area contributed by atoms with Crippen molar-refractivity contribution in [1.82, 2.24) is 5.43 Å². The first kappa shape index (κ1) is 20.3. The number of nitrogens with one attached hydrogen (secondary N) is 1. The van der Waals surface area contributed by atoms with Gasteiger partial charge < -0.3 is 4.74 Å². The molecule has 6 heteroatoms. The number of halogens is 2. The molecule has 0 saturated heterocycles. The molecule has 0 aliphatic heterocycles. The number of hydrogen-bond acceptors (Lipinski definition) is 3. The molecule has 1 amide bonds. The fourth-order valence-corrected chi connectivity index (χ4v) is 2.76. The SMILES string of the molecule is CCCCCCOc1ccc(/C=N/NC(=O)c2ccc(Cl)cc2Cl)cc1. The zero-order valence-electron chi connectivity index (χ0n) is 14.7. The van der Waals surface area contributed by atoms with Gasteiger partial charge in [0.2, 0.25) is 0 Å². The predicted octanol–water partition coefficient (Wildman–Crippen LogP) is 5.72. The lowest BCUT2D eigenvalue weighted by molar-refractivity contribution is 0.0955. The summed E-state index contributed by atoms with van der Waals surface area (Å²) in [6.07, 6.45) is 6.28. The zero-order valence-corrected chi connectivity index (χ0v) is 16.2. The highest BCUT2D eigenvalue weighted by molar-refractivity contribution is 6.36. The largest absolute Gasteiger partial charge is 0.494 e. The molecule has 0 radical (unpaired) electrons. The Labute approximate surface area is 164 Å². The van der Waals surface area contributed by atoms with Gasteiger partial charge in [0, 0.05) is 5.02 Å². The van der Waals surface area contributed by atoms with Crippen LogP contribution in [0.15, 0.2) is 47.6 Å². The minimum absolute atomic E-state index is 0.283. The molecule has 0 saturated carbocycles. The summed E-state index contributed by atoms with van der Waals surface area (Å²) >= 11 is 11.8. The van der Waals surface area contributed by atoms with E-state index in [0.717, 1.165) is 24.3 Å². The van der Waals surface area contributed by atoms with Crippen molar-refractivity contribution < 1.29 is 9.53 Å². The van der Waals surface area contributed by atoms with Gasteiger partial charge in [0.1, 0.15) is 5.75 Å². The van der Waals surface area contributed by atoms with E-state index in [1.54, 1.807) is 18.3 Å². The van der Waals surface area contributed by atoms with Crippen LogP contribution in [0.3, 0.4) is 0 Å². The fourth-order valence-electron chi connectivity index (χ4n) is 2.27. The molecule has 0 aliphatic carbocycles. The summed E-state index contributed by atoms with van der Waals surface area (Å²) in [4.78, 5) is 12.0. The second-order valence-corrected chi connectivity index (χ2v) is 6.65. The van der Waals surface area contributed by atoms with E-state index in [1.807, 2.05) is 24.3 Å². The van der Waals surface area contributed by atoms with Crippen molar-refractivity contribution in [2.45, 2.75) is 32.6 Å². The summed E-state index contributed by atoms with van der Waals surface area (Å²) in [5.41, 5.74) is 3.62. The Bertz CT molecular complexity index is 746.